The van der Waals surface area contributed by atoms with Gasteiger partial charge in [0.25, 0.3) is 5.91 Å². The van der Waals surface area contributed by atoms with Crippen molar-refractivity contribution in [2.24, 2.45) is 18.7 Å². The molecule has 0 spiro atoms. The van der Waals surface area contributed by atoms with E-state index in [9.17, 15) is 13.2 Å². The van der Waals surface area contributed by atoms with Gasteiger partial charge in [-0.1, -0.05) is 6.92 Å². The second-order valence-electron chi connectivity index (χ2n) is 5.89. The van der Waals surface area contributed by atoms with Crippen LogP contribution in [-0.4, -0.2) is 49.4 Å². The summed E-state index contributed by atoms with van der Waals surface area (Å²) in [6, 6.07) is 1.23. The van der Waals surface area contributed by atoms with Gasteiger partial charge in [-0.3, -0.25) is 4.79 Å². The Labute approximate surface area is 131 Å². The third-order valence-electron chi connectivity index (χ3n) is 4.24. The summed E-state index contributed by atoms with van der Waals surface area (Å²) in [5.74, 6) is 0.156. The van der Waals surface area contributed by atoms with Gasteiger partial charge in [-0.2, -0.15) is 4.31 Å². The maximum atomic E-state index is 12.9. The molecule has 2 rings (SSSR count). The first-order chi connectivity index (χ1) is 10.3. The molecule has 3 N–H and O–H groups in total. The second kappa shape index (κ2) is 6.39. The zero-order chi connectivity index (χ0) is 16.5. The van der Waals surface area contributed by atoms with Crippen LogP contribution in [0.25, 0.3) is 0 Å². The van der Waals surface area contributed by atoms with Gasteiger partial charge in [0.15, 0.2) is 0 Å². The number of sulfonamides is 1. The van der Waals surface area contributed by atoms with Crippen LogP contribution in [0.15, 0.2) is 17.2 Å². The van der Waals surface area contributed by atoms with Gasteiger partial charge in [0, 0.05) is 39.4 Å². The molecule has 1 aliphatic heterocycles. The van der Waals surface area contributed by atoms with Crippen molar-refractivity contribution in [2.75, 3.05) is 20.1 Å². The molecule has 1 saturated heterocycles. The molecule has 8 heteroatoms. The lowest BCUT2D eigenvalue weighted by molar-refractivity contribution is 0.0955. The lowest BCUT2D eigenvalue weighted by atomic mass is 9.94. The predicted octanol–water partition coefficient (Wildman–Crippen LogP) is 0.133. The van der Waals surface area contributed by atoms with Crippen molar-refractivity contribution >= 4 is 15.9 Å². The third-order valence-corrected chi connectivity index (χ3v) is 6.16. The fraction of sp³-hybridized carbons (Fsp3) is 0.643. The van der Waals surface area contributed by atoms with E-state index in [-0.39, 0.29) is 16.8 Å². The first-order valence-electron chi connectivity index (χ1n) is 7.41. The first-order valence-corrected chi connectivity index (χ1v) is 8.85. The second-order valence-corrected chi connectivity index (χ2v) is 7.78. The van der Waals surface area contributed by atoms with Gasteiger partial charge in [-0.15, -0.1) is 0 Å². The van der Waals surface area contributed by atoms with E-state index in [1.807, 2.05) is 0 Å². The number of aryl methyl sites for hydroxylation is 1. The van der Waals surface area contributed by atoms with Gasteiger partial charge in [0.05, 0.1) is 0 Å². The van der Waals surface area contributed by atoms with Crippen molar-refractivity contribution in [3.63, 3.8) is 0 Å². The summed E-state index contributed by atoms with van der Waals surface area (Å²) in [6.45, 7) is 2.88. The standard InChI is InChI=1S/C14H24N4O3S/c1-10-4-5-18(11(6-10)8-15)22(20,21)12-7-13(14(19)16-2)17(3)9-12/h7,9-11H,4-6,8,15H2,1-3H3,(H,16,19). The fourth-order valence-corrected chi connectivity index (χ4v) is 4.66. The summed E-state index contributed by atoms with van der Waals surface area (Å²) in [5.41, 5.74) is 6.08. The highest BCUT2D eigenvalue weighted by Gasteiger charge is 2.35. The zero-order valence-corrected chi connectivity index (χ0v) is 14.1. The molecular weight excluding hydrogens is 304 g/mol. The van der Waals surface area contributed by atoms with E-state index in [2.05, 4.69) is 12.2 Å². The van der Waals surface area contributed by atoms with Gasteiger partial charge < -0.3 is 15.6 Å². The van der Waals surface area contributed by atoms with Crippen LogP contribution < -0.4 is 11.1 Å². The van der Waals surface area contributed by atoms with E-state index in [1.165, 1.54) is 28.2 Å². The molecule has 1 fully saturated rings. The third kappa shape index (κ3) is 3.04. The number of hydrogen-bond acceptors (Lipinski definition) is 4. The Morgan fingerprint density at radius 1 is 1.50 bits per heavy atom. The SMILES string of the molecule is CNC(=O)c1cc(S(=O)(=O)N2CCC(C)CC2CN)cn1C. The molecular formula is C14H24N4O3S. The van der Waals surface area contributed by atoms with Crippen LogP contribution in [0.2, 0.25) is 0 Å². The molecule has 7 nitrogen and oxygen atoms in total. The number of nitrogens with zero attached hydrogens (tertiary/aromatic N) is 2. The van der Waals surface area contributed by atoms with Crippen molar-refractivity contribution in [3.8, 4) is 0 Å². The highest BCUT2D eigenvalue weighted by Crippen LogP contribution is 2.28. The molecule has 0 bridgehead atoms. The van der Waals surface area contributed by atoms with E-state index in [1.54, 1.807) is 7.05 Å². The van der Waals surface area contributed by atoms with Gasteiger partial charge in [0.2, 0.25) is 10.0 Å². The maximum absolute atomic E-state index is 12.9. The van der Waals surface area contributed by atoms with E-state index >= 15 is 0 Å². The molecule has 2 unspecified atom stereocenters. The van der Waals surface area contributed by atoms with Crippen LogP contribution in [0.5, 0.6) is 0 Å². The number of carbonyl (C=O) groups is 1. The summed E-state index contributed by atoms with van der Waals surface area (Å²) in [6.07, 6.45) is 3.07. The molecule has 2 heterocycles. The van der Waals surface area contributed by atoms with Gasteiger partial charge in [-0.25, -0.2) is 8.42 Å². The number of rotatable bonds is 4. The quantitative estimate of drug-likeness (QED) is 0.821. The topological polar surface area (TPSA) is 97.4 Å². The van der Waals surface area contributed by atoms with Gasteiger partial charge >= 0.3 is 0 Å². The lowest BCUT2D eigenvalue weighted by Gasteiger charge is -2.36. The summed E-state index contributed by atoms with van der Waals surface area (Å²) in [5, 5.41) is 2.50. The minimum absolute atomic E-state index is 0.140. The Kier molecular flexibility index (Phi) is 4.93. The minimum Gasteiger partial charge on any atom is -0.354 e. The Morgan fingerprint density at radius 3 is 2.77 bits per heavy atom. The van der Waals surface area contributed by atoms with Crippen molar-refractivity contribution in [1.29, 1.82) is 0 Å². The van der Waals surface area contributed by atoms with Crippen LogP contribution in [0.1, 0.15) is 30.3 Å². The number of aromatic nitrogens is 1. The molecule has 1 aliphatic rings. The molecule has 1 aromatic rings. The largest absolute Gasteiger partial charge is 0.354 e. The summed E-state index contributed by atoms with van der Waals surface area (Å²) in [7, 11) is -0.469. The lowest BCUT2D eigenvalue weighted by Crippen LogP contribution is -2.49. The Morgan fingerprint density at radius 2 is 2.18 bits per heavy atom. The number of nitrogens with two attached hydrogens (primary N) is 1. The number of hydrogen-bond donors (Lipinski definition) is 2. The number of nitrogens with one attached hydrogen (secondary N) is 1. The molecule has 1 amide bonds. The molecule has 0 aromatic carbocycles. The van der Waals surface area contributed by atoms with Crippen molar-refractivity contribution < 1.29 is 13.2 Å². The minimum atomic E-state index is -3.64. The molecule has 2 atom stereocenters. The maximum Gasteiger partial charge on any atom is 0.267 e. The molecule has 0 saturated carbocycles. The predicted molar refractivity (Wildman–Crippen MR) is 83.9 cm³/mol. The number of piperidine rings is 1. The van der Waals surface area contributed by atoms with Crippen LogP contribution in [0.3, 0.4) is 0 Å². The number of amides is 1. The summed E-state index contributed by atoms with van der Waals surface area (Å²) >= 11 is 0. The highest BCUT2D eigenvalue weighted by atomic mass is 32.2. The molecule has 22 heavy (non-hydrogen) atoms. The van der Waals surface area contributed by atoms with Crippen LogP contribution >= 0.6 is 0 Å². The highest BCUT2D eigenvalue weighted by molar-refractivity contribution is 7.89. The average molecular weight is 328 g/mol. The van der Waals surface area contributed by atoms with Crippen molar-refractivity contribution in [1.82, 2.24) is 14.2 Å². The van der Waals surface area contributed by atoms with Crippen LogP contribution in [0.4, 0.5) is 0 Å². The van der Waals surface area contributed by atoms with E-state index in [0.717, 1.165) is 12.8 Å². The molecule has 1 aromatic heterocycles. The van der Waals surface area contributed by atoms with E-state index in [0.29, 0.717) is 24.7 Å². The molecule has 124 valence electrons. The Bertz CT molecular complexity index is 653. The summed E-state index contributed by atoms with van der Waals surface area (Å²) in [4.78, 5) is 11.9. The van der Waals surface area contributed by atoms with E-state index < -0.39 is 10.0 Å². The summed E-state index contributed by atoms with van der Waals surface area (Å²) < 4.78 is 28.7. The zero-order valence-electron chi connectivity index (χ0n) is 13.2. The monoisotopic (exact) mass is 328 g/mol. The van der Waals surface area contributed by atoms with Crippen LogP contribution in [0, 0.1) is 5.92 Å². The van der Waals surface area contributed by atoms with Gasteiger partial charge in [-0.05, 0) is 24.8 Å². The smallest absolute Gasteiger partial charge is 0.267 e. The Hall–Kier alpha value is -1.38. The number of carbonyl (C=O) groups excluding carboxylic acids is 1. The first kappa shape index (κ1) is 17.0. The van der Waals surface area contributed by atoms with Crippen molar-refractivity contribution in [2.45, 2.75) is 30.7 Å². The Balaban J connectivity index is 2.36. The van der Waals surface area contributed by atoms with E-state index in [4.69, 9.17) is 5.73 Å². The molecule has 0 radical (unpaired) electrons. The van der Waals surface area contributed by atoms with Crippen molar-refractivity contribution in [3.05, 3.63) is 18.0 Å². The normalized spacial score (nSPS) is 23.5. The fourth-order valence-electron chi connectivity index (χ4n) is 2.92. The van der Waals surface area contributed by atoms with Crippen LogP contribution in [-0.2, 0) is 17.1 Å². The van der Waals surface area contributed by atoms with Gasteiger partial charge in [0.1, 0.15) is 10.6 Å². The average Bonchev–Trinajstić information content (AvgIpc) is 2.88. The molecule has 0 aliphatic carbocycles.